The van der Waals surface area contributed by atoms with E-state index < -0.39 is 0 Å². The summed E-state index contributed by atoms with van der Waals surface area (Å²) in [7, 11) is 0. The zero-order valence-corrected chi connectivity index (χ0v) is 15.6. The molecule has 0 aliphatic carbocycles. The standard InChI is InChI=1S/C19H31N5O/c1-3-9-22(4-2)18-6-5-16(14-21-18)19(25)24-12-10-23(11-13-24)17-7-8-20-15-17/h5-6,14,17,20H,3-4,7-13,15H2,1-2H3. The molecule has 0 radical (unpaired) electrons. The topological polar surface area (TPSA) is 51.7 Å². The number of nitrogens with zero attached hydrogens (tertiary/aromatic N) is 4. The minimum atomic E-state index is 0.113. The Balaban J connectivity index is 1.56. The Morgan fingerprint density at radius 3 is 2.64 bits per heavy atom. The van der Waals surface area contributed by atoms with Crippen molar-refractivity contribution in [3.05, 3.63) is 23.9 Å². The van der Waals surface area contributed by atoms with Gasteiger partial charge in [-0.1, -0.05) is 6.92 Å². The fraction of sp³-hybridized carbons (Fsp3) is 0.684. The number of hydrogen-bond donors (Lipinski definition) is 1. The molecule has 6 heteroatoms. The number of aromatic nitrogens is 1. The van der Waals surface area contributed by atoms with Crippen LogP contribution in [-0.4, -0.2) is 79.1 Å². The van der Waals surface area contributed by atoms with Gasteiger partial charge >= 0.3 is 0 Å². The van der Waals surface area contributed by atoms with Crippen LogP contribution in [0.5, 0.6) is 0 Å². The first-order valence-corrected chi connectivity index (χ1v) is 9.68. The molecule has 1 aromatic rings. The van der Waals surface area contributed by atoms with Crippen molar-refractivity contribution >= 4 is 11.7 Å². The molecule has 2 aliphatic heterocycles. The number of carbonyl (C=O) groups excluding carboxylic acids is 1. The van der Waals surface area contributed by atoms with Crippen LogP contribution in [0.1, 0.15) is 37.0 Å². The van der Waals surface area contributed by atoms with Gasteiger partial charge in [0.25, 0.3) is 5.91 Å². The number of anilines is 1. The molecular weight excluding hydrogens is 314 g/mol. The third-order valence-corrected chi connectivity index (χ3v) is 5.35. The third kappa shape index (κ3) is 4.30. The van der Waals surface area contributed by atoms with Gasteiger partial charge in [0.1, 0.15) is 5.82 Å². The van der Waals surface area contributed by atoms with E-state index in [9.17, 15) is 4.79 Å². The Hall–Kier alpha value is -1.66. The third-order valence-electron chi connectivity index (χ3n) is 5.35. The Morgan fingerprint density at radius 1 is 1.28 bits per heavy atom. The molecule has 0 aromatic carbocycles. The van der Waals surface area contributed by atoms with Gasteiger partial charge in [0.15, 0.2) is 0 Å². The van der Waals surface area contributed by atoms with E-state index in [0.29, 0.717) is 11.6 Å². The predicted molar refractivity (Wildman–Crippen MR) is 101 cm³/mol. The maximum atomic E-state index is 12.7. The quantitative estimate of drug-likeness (QED) is 0.845. The molecule has 1 unspecified atom stereocenters. The van der Waals surface area contributed by atoms with E-state index in [1.54, 1.807) is 6.20 Å². The molecule has 138 valence electrons. The van der Waals surface area contributed by atoms with E-state index in [0.717, 1.165) is 64.6 Å². The van der Waals surface area contributed by atoms with Gasteiger partial charge in [-0.3, -0.25) is 9.69 Å². The van der Waals surface area contributed by atoms with E-state index in [4.69, 9.17) is 0 Å². The summed E-state index contributed by atoms with van der Waals surface area (Å²) >= 11 is 0. The van der Waals surface area contributed by atoms with Gasteiger partial charge in [-0.25, -0.2) is 4.98 Å². The van der Waals surface area contributed by atoms with E-state index in [1.807, 2.05) is 17.0 Å². The fourth-order valence-corrected chi connectivity index (χ4v) is 3.83. The zero-order chi connectivity index (χ0) is 17.6. The normalized spacial score (nSPS) is 21.5. The van der Waals surface area contributed by atoms with Crippen LogP contribution in [0.2, 0.25) is 0 Å². The van der Waals surface area contributed by atoms with Crippen molar-refractivity contribution in [2.75, 3.05) is 57.3 Å². The zero-order valence-electron chi connectivity index (χ0n) is 15.6. The average molecular weight is 345 g/mol. The van der Waals surface area contributed by atoms with Gasteiger partial charge in [0.05, 0.1) is 5.56 Å². The van der Waals surface area contributed by atoms with Gasteiger partial charge < -0.3 is 15.1 Å². The minimum absolute atomic E-state index is 0.113. The van der Waals surface area contributed by atoms with Crippen LogP contribution >= 0.6 is 0 Å². The van der Waals surface area contributed by atoms with E-state index in [2.05, 4.69) is 33.9 Å². The smallest absolute Gasteiger partial charge is 0.255 e. The number of rotatable bonds is 6. The summed E-state index contributed by atoms with van der Waals surface area (Å²) in [6.07, 6.45) is 4.06. The first-order valence-electron chi connectivity index (χ1n) is 9.68. The van der Waals surface area contributed by atoms with Crippen LogP contribution in [0.25, 0.3) is 0 Å². The summed E-state index contributed by atoms with van der Waals surface area (Å²) < 4.78 is 0. The van der Waals surface area contributed by atoms with Crippen molar-refractivity contribution in [1.82, 2.24) is 20.1 Å². The highest BCUT2D eigenvalue weighted by Gasteiger charge is 2.28. The molecule has 2 fully saturated rings. The van der Waals surface area contributed by atoms with Crippen LogP contribution < -0.4 is 10.2 Å². The van der Waals surface area contributed by atoms with Crippen molar-refractivity contribution < 1.29 is 4.79 Å². The van der Waals surface area contributed by atoms with Gasteiger partial charge in [-0.15, -0.1) is 0 Å². The van der Waals surface area contributed by atoms with Crippen molar-refractivity contribution in [2.24, 2.45) is 0 Å². The lowest BCUT2D eigenvalue weighted by Crippen LogP contribution is -2.52. The highest BCUT2D eigenvalue weighted by Crippen LogP contribution is 2.16. The second-order valence-electron chi connectivity index (χ2n) is 6.96. The first-order chi connectivity index (χ1) is 12.2. The Labute approximate surface area is 151 Å². The molecule has 1 aromatic heterocycles. The monoisotopic (exact) mass is 345 g/mol. The molecule has 2 saturated heterocycles. The molecule has 2 aliphatic rings. The van der Waals surface area contributed by atoms with Crippen LogP contribution in [0, 0.1) is 0 Å². The van der Waals surface area contributed by atoms with Crippen molar-refractivity contribution in [2.45, 2.75) is 32.7 Å². The lowest BCUT2D eigenvalue weighted by Gasteiger charge is -2.37. The van der Waals surface area contributed by atoms with E-state index in [1.165, 1.54) is 6.42 Å². The Kier molecular flexibility index (Phi) is 6.26. The summed E-state index contributed by atoms with van der Waals surface area (Å²) in [5.41, 5.74) is 0.701. The number of pyridine rings is 1. The maximum Gasteiger partial charge on any atom is 0.255 e. The second kappa shape index (κ2) is 8.63. The summed E-state index contributed by atoms with van der Waals surface area (Å²) in [6, 6.07) is 4.56. The van der Waals surface area contributed by atoms with E-state index in [-0.39, 0.29) is 5.91 Å². The molecule has 25 heavy (non-hydrogen) atoms. The molecule has 1 N–H and O–H groups in total. The second-order valence-corrected chi connectivity index (χ2v) is 6.96. The summed E-state index contributed by atoms with van der Waals surface area (Å²) in [5, 5.41) is 3.42. The van der Waals surface area contributed by atoms with Gasteiger partial charge in [-0.2, -0.15) is 0 Å². The molecule has 6 nitrogen and oxygen atoms in total. The van der Waals surface area contributed by atoms with Crippen molar-refractivity contribution in [3.63, 3.8) is 0 Å². The Morgan fingerprint density at radius 2 is 2.08 bits per heavy atom. The van der Waals surface area contributed by atoms with Crippen LogP contribution in [-0.2, 0) is 0 Å². The van der Waals surface area contributed by atoms with Crippen molar-refractivity contribution in [1.29, 1.82) is 0 Å². The molecule has 3 heterocycles. The number of amides is 1. The number of carbonyl (C=O) groups is 1. The highest BCUT2D eigenvalue weighted by atomic mass is 16.2. The first kappa shape index (κ1) is 18.1. The molecule has 0 saturated carbocycles. The van der Waals surface area contributed by atoms with Crippen molar-refractivity contribution in [3.8, 4) is 0 Å². The van der Waals surface area contributed by atoms with Crippen LogP contribution in [0.15, 0.2) is 18.3 Å². The van der Waals surface area contributed by atoms with Gasteiger partial charge in [-0.05, 0) is 38.4 Å². The number of nitrogens with one attached hydrogen (secondary N) is 1. The van der Waals surface area contributed by atoms with Gasteiger partial charge in [0, 0.05) is 58.1 Å². The molecule has 1 amide bonds. The molecule has 1 atom stereocenters. The largest absolute Gasteiger partial charge is 0.357 e. The predicted octanol–water partition coefficient (Wildman–Crippen LogP) is 1.44. The molecule has 0 spiro atoms. The molecule has 3 rings (SSSR count). The summed E-state index contributed by atoms with van der Waals surface area (Å²) in [6.45, 7) is 12.0. The minimum Gasteiger partial charge on any atom is -0.357 e. The molecule has 0 bridgehead atoms. The van der Waals surface area contributed by atoms with Crippen LogP contribution in [0.3, 0.4) is 0 Å². The Bertz CT molecular complexity index is 547. The number of hydrogen-bond acceptors (Lipinski definition) is 5. The summed E-state index contributed by atoms with van der Waals surface area (Å²) in [5.74, 6) is 1.07. The number of piperazine rings is 1. The molecular formula is C19H31N5O. The maximum absolute atomic E-state index is 12.7. The average Bonchev–Trinajstić information content (AvgIpc) is 3.21. The lowest BCUT2D eigenvalue weighted by atomic mass is 10.1. The van der Waals surface area contributed by atoms with E-state index >= 15 is 0 Å². The SMILES string of the molecule is CCCN(CC)c1ccc(C(=O)N2CCN(C3CCNC3)CC2)cn1. The highest BCUT2D eigenvalue weighted by molar-refractivity contribution is 5.94. The lowest BCUT2D eigenvalue weighted by molar-refractivity contribution is 0.0583. The summed E-state index contributed by atoms with van der Waals surface area (Å²) in [4.78, 5) is 24.0. The van der Waals surface area contributed by atoms with Gasteiger partial charge in [0.2, 0.25) is 0 Å². The fourth-order valence-electron chi connectivity index (χ4n) is 3.83. The van der Waals surface area contributed by atoms with Crippen LogP contribution in [0.4, 0.5) is 5.82 Å².